The van der Waals surface area contributed by atoms with Crippen LogP contribution in [0, 0.1) is 13.8 Å². The summed E-state index contributed by atoms with van der Waals surface area (Å²) in [6.07, 6.45) is 0. The van der Waals surface area contributed by atoms with Gasteiger partial charge in [-0.1, -0.05) is 74.0 Å². The van der Waals surface area contributed by atoms with E-state index < -0.39 is 0 Å². The van der Waals surface area contributed by atoms with Crippen molar-refractivity contribution in [2.24, 2.45) is 0 Å². The molecule has 0 fully saturated rings. The van der Waals surface area contributed by atoms with Crippen LogP contribution in [0.15, 0.2) is 72.8 Å². The van der Waals surface area contributed by atoms with E-state index in [1.54, 1.807) is 0 Å². The van der Waals surface area contributed by atoms with Crippen molar-refractivity contribution < 1.29 is 9.53 Å². The van der Waals surface area contributed by atoms with E-state index in [1.165, 1.54) is 5.56 Å². The van der Waals surface area contributed by atoms with Crippen molar-refractivity contribution in [3.63, 3.8) is 0 Å². The monoisotopic (exact) mass is 395 g/mol. The molecule has 3 heteroatoms. The lowest BCUT2D eigenvalue weighted by Crippen LogP contribution is -2.12. The Kier molecular flexibility index (Phi) is 5.37. The fourth-order valence-corrected chi connectivity index (χ4v) is 3.58. The highest BCUT2D eigenvalue weighted by molar-refractivity contribution is 6.05. The summed E-state index contributed by atoms with van der Waals surface area (Å²) in [5.74, 6) is 0.507. The highest BCUT2D eigenvalue weighted by Gasteiger charge is 2.18. The van der Waals surface area contributed by atoms with Gasteiger partial charge < -0.3 is 4.74 Å². The Labute approximate surface area is 177 Å². The second-order valence-electron chi connectivity index (χ2n) is 8.02. The van der Waals surface area contributed by atoms with Gasteiger partial charge in [-0.15, -0.1) is 0 Å². The van der Waals surface area contributed by atoms with Crippen molar-refractivity contribution >= 4 is 16.9 Å². The van der Waals surface area contributed by atoms with Crippen molar-refractivity contribution in [3.8, 4) is 17.0 Å². The lowest BCUT2D eigenvalue weighted by Gasteiger charge is -2.15. The van der Waals surface area contributed by atoms with Crippen LogP contribution in [-0.4, -0.2) is 11.0 Å². The zero-order valence-corrected chi connectivity index (χ0v) is 17.8. The molecule has 1 heterocycles. The first-order chi connectivity index (χ1) is 14.4. The third-order valence-corrected chi connectivity index (χ3v) is 5.28. The van der Waals surface area contributed by atoms with Crippen molar-refractivity contribution in [2.75, 3.05) is 0 Å². The van der Waals surface area contributed by atoms with Crippen LogP contribution >= 0.6 is 0 Å². The minimum atomic E-state index is -0.366. The molecule has 3 aromatic carbocycles. The number of rotatable bonds is 4. The molecule has 3 nitrogen and oxygen atoms in total. The van der Waals surface area contributed by atoms with Crippen LogP contribution in [0.1, 0.15) is 46.8 Å². The van der Waals surface area contributed by atoms with Gasteiger partial charge in [0.2, 0.25) is 0 Å². The maximum absolute atomic E-state index is 13.3. The number of aromatic nitrogens is 1. The fourth-order valence-electron chi connectivity index (χ4n) is 3.58. The van der Waals surface area contributed by atoms with E-state index in [2.05, 4.69) is 20.8 Å². The third-order valence-electron chi connectivity index (χ3n) is 5.28. The van der Waals surface area contributed by atoms with Crippen LogP contribution in [0.25, 0.3) is 22.2 Å². The van der Waals surface area contributed by atoms with Gasteiger partial charge in [-0.05, 0) is 49.1 Å². The number of nitrogens with zero attached hydrogens (tertiary/aromatic N) is 1. The molecule has 0 aliphatic carbocycles. The van der Waals surface area contributed by atoms with Crippen molar-refractivity contribution in [1.82, 2.24) is 4.98 Å². The number of fused-ring (bicyclic) bond motifs is 1. The predicted octanol–water partition coefficient (Wildman–Crippen LogP) is 6.86. The molecule has 0 saturated heterocycles. The molecule has 150 valence electrons. The van der Waals surface area contributed by atoms with E-state index in [9.17, 15) is 4.79 Å². The molecule has 0 atom stereocenters. The van der Waals surface area contributed by atoms with E-state index in [1.807, 2.05) is 79.7 Å². The van der Waals surface area contributed by atoms with Crippen molar-refractivity contribution in [1.29, 1.82) is 0 Å². The van der Waals surface area contributed by atoms with Crippen molar-refractivity contribution in [3.05, 3.63) is 95.1 Å². The van der Waals surface area contributed by atoms with Gasteiger partial charge in [-0.2, -0.15) is 0 Å². The molecular formula is C27H25NO2. The minimum absolute atomic E-state index is 0.255. The molecule has 0 amide bonds. The van der Waals surface area contributed by atoms with Gasteiger partial charge in [-0.3, -0.25) is 0 Å². The standard InChI is InChI=1S/C27H25NO2/c1-17(2)21-14-11-19(4)15-26(21)30-27(29)23-16-25(20-12-9-18(3)10-13-20)28-24-8-6-5-7-22(23)24/h5-17H,1-4H3. The van der Waals surface area contributed by atoms with Crippen LogP contribution in [-0.2, 0) is 0 Å². The first-order valence-corrected chi connectivity index (χ1v) is 10.2. The number of hydrogen-bond acceptors (Lipinski definition) is 3. The maximum Gasteiger partial charge on any atom is 0.344 e. The Hall–Kier alpha value is -3.46. The Bertz CT molecular complexity index is 1220. The fraction of sp³-hybridized carbons (Fsp3) is 0.185. The van der Waals surface area contributed by atoms with E-state index in [4.69, 9.17) is 9.72 Å². The molecule has 0 saturated carbocycles. The van der Waals surface area contributed by atoms with Gasteiger partial charge in [0.15, 0.2) is 0 Å². The second-order valence-corrected chi connectivity index (χ2v) is 8.02. The van der Waals surface area contributed by atoms with Gasteiger partial charge in [0.05, 0.1) is 16.8 Å². The van der Waals surface area contributed by atoms with Gasteiger partial charge in [-0.25, -0.2) is 9.78 Å². The number of benzene rings is 3. The third kappa shape index (κ3) is 3.97. The predicted molar refractivity (Wildman–Crippen MR) is 122 cm³/mol. The topological polar surface area (TPSA) is 39.2 Å². The number of para-hydroxylation sites is 1. The summed E-state index contributed by atoms with van der Waals surface area (Å²) in [6.45, 7) is 8.24. The molecule has 0 aliphatic heterocycles. The first-order valence-electron chi connectivity index (χ1n) is 10.2. The Morgan fingerprint density at radius 2 is 1.57 bits per heavy atom. The zero-order valence-electron chi connectivity index (χ0n) is 17.8. The second kappa shape index (κ2) is 8.11. The van der Waals surface area contributed by atoms with Gasteiger partial charge in [0.1, 0.15) is 5.75 Å². The summed E-state index contributed by atoms with van der Waals surface area (Å²) in [5.41, 5.74) is 6.28. The van der Waals surface area contributed by atoms with Crippen LogP contribution < -0.4 is 4.74 Å². The quantitative estimate of drug-likeness (QED) is 0.280. The molecule has 0 spiro atoms. The molecule has 0 radical (unpaired) electrons. The van der Waals surface area contributed by atoms with Crippen LogP contribution in [0.5, 0.6) is 5.75 Å². The lowest BCUT2D eigenvalue weighted by molar-refractivity contribution is 0.0735. The maximum atomic E-state index is 13.3. The number of ether oxygens (including phenoxy) is 1. The number of esters is 1. The molecule has 0 N–H and O–H groups in total. The first kappa shape index (κ1) is 19.8. The van der Waals surface area contributed by atoms with E-state index >= 15 is 0 Å². The average Bonchev–Trinajstić information content (AvgIpc) is 2.73. The smallest absolute Gasteiger partial charge is 0.344 e. The highest BCUT2D eigenvalue weighted by Crippen LogP contribution is 2.30. The molecule has 1 aromatic heterocycles. The molecule has 0 bridgehead atoms. The number of hydrogen-bond donors (Lipinski definition) is 0. The van der Waals surface area contributed by atoms with E-state index in [-0.39, 0.29) is 11.9 Å². The van der Waals surface area contributed by atoms with Gasteiger partial charge in [0, 0.05) is 10.9 Å². The molecule has 30 heavy (non-hydrogen) atoms. The minimum Gasteiger partial charge on any atom is -0.423 e. The molecule has 0 aliphatic rings. The number of carbonyl (C=O) groups excluding carboxylic acids is 1. The summed E-state index contributed by atoms with van der Waals surface area (Å²) < 4.78 is 5.93. The number of aryl methyl sites for hydroxylation is 2. The summed E-state index contributed by atoms with van der Waals surface area (Å²) in [7, 11) is 0. The van der Waals surface area contributed by atoms with Gasteiger partial charge in [0.25, 0.3) is 0 Å². The highest BCUT2D eigenvalue weighted by atomic mass is 16.5. The number of carbonyl (C=O) groups is 1. The summed E-state index contributed by atoms with van der Waals surface area (Å²) in [4.78, 5) is 18.1. The molecular weight excluding hydrogens is 370 g/mol. The molecule has 4 aromatic rings. The summed E-state index contributed by atoms with van der Waals surface area (Å²) in [5, 5.41) is 0.789. The summed E-state index contributed by atoms with van der Waals surface area (Å²) >= 11 is 0. The molecule has 0 unspecified atom stereocenters. The van der Waals surface area contributed by atoms with E-state index in [0.717, 1.165) is 33.3 Å². The summed E-state index contributed by atoms with van der Waals surface area (Å²) in [6, 6.07) is 23.7. The van der Waals surface area contributed by atoms with Crippen LogP contribution in [0.2, 0.25) is 0 Å². The van der Waals surface area contributed by atoms with E-state index in [0.29, 0.717) is 11.3 Å². The Balaban J connectivity index is 1.81. The number of pyridine rings is 1. The Morgan fingerprint density at radius 3 is 2.30 bits per heavy atom. The lowest BCUT2D eigenvalue weighted by atomic mass is 10.0. The van der Waals surface area contributed by atoms with Gasteiger partial charge >= 0.3 is 5.97 Å². The van der Waals surface area contributed by atoms with Crippen molar-refractivity contribution in [2.45, 2.75) is 33.6 Å². The van der Waals surface area contributed by atoms with Crippen LogP contribution in [0.3, 0.4) is 0 Å². The Morgan fingerprint density at radius 1 is 0.867 bits per heavy atom. The normalized spacial score (nSPS) is 11.1. The average molecular weight is 396 g/mol. The zero-order chi connectivity index (χ0) is 21.3. The largest absolute Gasteiger partial charge is 0.423 e. The molecule has 4 rings (SSSR count). The van der Waals surface area contributed by atoms with Crippen LogP contribution in [0.4, 0.5) is 0 Å². The SMILES string of the molecule is Cc1ccc(-c2cc(C(=O)Oc3cc(C)ccc3C(C)C)c3ccccc3n2)cc1.